The number of carboxylic acid groups (broad SMARTS) is 1. The van der Waals surface area contributed by atoms with E-state index in [1.807, 2.05) is 32.9 Å². The minimum absolute atomic E-state index is 0.0556. The molecule has 0 spiro atoms. The van der Waals surface area contributed by atoms with Crippen LogP contribution in [0.1, 0.15) is 130 Å². The summed E-state index contributed by atoms with van der Waals surface area (Å²) in [4.78, 5) is 42.5. The summed E-state index contributed by atoms with van der Waals surface area (Å²) in [7, 11) is -8.23. The first-order chi connectivity index (χ1) is 29.3. The number of hydrogen-bond acceptors (Lipinski definition) is 10. The molecule has 63 heavy (non-hydrogen) atoms. The lowest BCUT2D eigenvalue weighted by Crippen LogP contribution is -2.50. The van der Waals surface area contributed by atoms with Crippen molar-refractivity contribution in [3.05, 3.63) is 74.5 Å². The number of hydrogen-bond donors (Lipinski definition) is 3. The van der Waals surface area contributed by atoms with Crippen molar-refractivity contribution in [2.75, 3.05) is 24.0 Å². The molecule has 0 bridgehead atoms. The van der Waals surface area contributed by atoms with Gasteiger partial charge in [0.15, 0.2) is 0 Å². The number of rotatable bonds is 18. The number of esters is 1. The summed E-state index contributed by atoms with van der Waals surface area (Å²) in [5.74, 6) is -1.34. The highest BCUT2D eigenvalue weighted by molar-refractivity contribution is 7.93. The lowest BCUT2D eigenvalue weighted by atomic mass is 9.71. The Bertz CT molecular complexity index is 2430. The number of unbranched alkanes of at least 4 members (excludes halogenated alkanes) is 1. The van der Waals surface area contributed by atoms with Gasteiger partial charge in [-0.05, 0) is 181 Å². The highest BCUT2D eigenvalue weighted by Crippen LogP contribution is 2.43. The first-order valence-corrected chi connectivity index (χ1v) is 24.8. The zero-order valence-electron chi connectivity index (χ0n) is 38.6. The third kappa shape index (κ3) is 12.2. The second-order valence-electron chi connectivity index (χ2n) is 18.9. The van der Waals surface area contributed by atoms with Crippen LogP contribution in [-0.2, 0) is 64.9 Å². The summed E-state index contributed by atoms with van der Waals surface area (Å²) in [5.41, 5.74) is 6.68. The van der Waals surface area contributed by atoms with Gasteiger partial charge in [0.2, 0.25) is 15.9 Å². The van der Waals surface area contributed by atoms with Crippen LogP contribution < -0.4 is 19.1 Å². The average molecular weight is 911 g/mol. The number of aliphatic carboxylic acids is 1. The van der Waals surface area contributed by atoms with E-state index in [-0.39, 0.29) is 48.6 Å². The maximum atomic E-state index is 14.6. The van der Waals surface area contributed by atoms with Crippen molar-refractivity contribution in [1.82, 2.24) is 15.0 Å². The topological polar surface area (TPSA) is 198 Å². The van der Waals surface area contributed by atoms with Crippen molar-refractivity contribution in [1.29, 1.82) is 0 Å². The molecule has 16 heteroatoms. The standard InChI is InChI=1S/C47H66N4O10S2/c1-29-25-36(60-24-14-18-41(53)54)26-30(2)42(29)62(56,57)50-39(45(55)61-46(6,7)8)28-48-40(52)17-12-11-16-35-20-19-34-15-13-23-51(44(34)49-35)63(58,59)43-32(4)31(3)38-27-47(9,10)22-21-37(38)33(43)5/h19-20,25-26,39,50H,11-18,21-24,27-28H2,1-10H3,(H,48,52)(H,53,54)/t39-/m0/s1. The number of carbonyl (C=O) groups is 3. The van der Waals surface area contributed by atoms with E-state index in [9.17, 15) is 31.2 Å². The normalized spacial score (nSPS) is 15.6. The van der Waals surface area contributed by atoms with Crippen molar-refractivity contribution in [2.24, 2.45) is 5.41 Å². The molecule has 0 saturated carbocycles. The fourth-order valence-corrected chi connectivity index (χ4v) is 12.4. The van der Waals surface area contributed by atoms with E-state index in [0.717, 1.165) is 59.2 Å². The number of pyridine rings is 1. The second-order valence-corrected chi connectivity index (χ2v) is 22.4. The number of carbonyl (C=O) groups excluding carboxylic acids is 2. The van der Waals surface area contributed by atoms with Gasteiger partial charge in [-0.3, -0.25) is 14.4 Å². The summed E-state index contributed by atoms with van der Waals surface area (Å²) in [6.07, 6.45) is 6.06. The Balaban J connectivity index is 1.22. The van der Waals surface area contributed by atoms with Crippen LogP contribution in [0.15, 0.2) is 34.1 Å². The monoisotopic (exact) mass is 910 g/mol. The first-order valence-electron chi connectivity index (χ1n) is 21.9. The molecule has 0 radical (unpaired) electrons. The molecule has 5 rings (SSSR count). The SMILES string of the molecule is Cc1cc(OCCCC(=O)O)cc(C)c1S(=O)(=O)N[C@@H](CNC(=O)CCCCc1ccc2c(n1)N(S(=O)(=O)c1c(C)c(C)c3c(c1C)CCC(C)(C)C3)CCC2)C(=O)OC(C)(C)C. The number of aromatic nitrogens is 1. The van der Waals surface area contributed by atoms with Crippen LogP contribution >= 0.6 is 0 Å². The zero-order valence-corrected chi connectivity index (χ0v) is 40.3. The predicted molar refractivity (Wildman–Crippen MR) is 242 cm³/mol. The minimum Gasteiger partial charge on any atom is -0.494 e. The Morgan fingerprint density at radius 2 is 1.57 bits per heavy atom. The number of sulfonamides is 2. The molecule has 14 nitrogen and oxygen atoms in total. The molecule has 2 aliphatic rings. The fourth-order valence-electron chi connectivity index (χ4n) is 8.71. The summed E-state index contributed by atoms with van der Waals surface area (Å²) in [5, 5.41) is 11.6. The molecule has 3 aromatic rings. The number of aryl methyl sites for hydroxylation is 4. The van der Waals surface area contributed by atoms with Gasteiger partial charge in [0, 0.05) is 31.6 Å². The van der Waals surface area contributed by atoms with E-state index < -0.39 is 43.6 Å². The van der Waals surface area contributed by atoms with E-state index >= 15 is 0 Å². The molecular formula is C47H66N4O10S2. The number of carboxylic acids is 1. The first kappa shape index (κ1) is 49.5. The molecule has 2 heterocycles. The lowest BCUT2D eigenvalue weighted by Gasteiger charge is -2.36. The Labute approximate surface area is 374 Å². The Hall–Kier alpha value is -4.54. The Kier molecular flexibility index (Phi) is 15.5. The fraction of sp³-hybridized carbons (Fsp3) is 0.574. The van der Waals surface area contributed by atoms with E-state index in [1.54, 1.807) is 34.6 Å². The van der Waals surface area contributed by atoms with E-state index in [4.69, 9.17) is 19.6 Å². The summed E-state index contributed by atoms with van der Waals surface area (Å²) in [6, 6.07) is 5.50. The molecule has 1 atom stereocenters. The molecule has 0 fully saturated rings. The van der Waals surface area contributed by atoms with Crippen LogP contribution in [0.3, 0.4) is 0 Å². The second kappa shape index (κ2) is 19.7. The largest absolute Gasteiger partial charge is 0.494 e. The number of anilines is 1. The maximum absolute atomic E-state index is 14.6. The van der Waals surface area contributed by atoms with Gasteiger partial charge in [0.1, 0.15) is 23.2 Å². The van der Waals surface area contributed by atoms with Crippen molar-refractivity contribution >= 4 is 43.7 Å². The van der Waals surface area contributed by atoms with Crippen molar-refractivity contribution < 1.29 is 45.8 Å². The predicted octanol–water partition coefficient (Wildman–Crippen LogP) is 7.04. The van der Waals surface area contributed by atoms with Gasteiger partial charge in [-0.25, -0.2) is 26.1 Å². The molecule has 1 aliphatic heterocycles. The molecular weight excluding hydrogens is 845 g/mol. The van der Waals surface area contributed by atoms with Gasteiger partial charge >= 0.3 is 11.9 Å². The smallest absolute Gasteiger partial charge is 0.326 e. The quantitative estimate of drug-likeness (QED) is 0.0874. The summed E-state index contributed by atoms with van der Waals surface area (Å²) >= 11 is 0. The number of benzene rings is 2. The van der Waals surface area contributed by atoms with Gasteiger partial charge in [0.05, 0.1) is 16.4 Å². The number of ether oxygens (including phenoxy) is 2. The number of nitrogens with one attached hydrogen (secondary N) is 2. The number of nitrogens with zero attached hydrogens (tertiary/aromatic N) is 2. The van der Waals surface area contributed by atoms with E-state index in [2.05, 4.69) is 23.9 Å². The molecule has 0 saturated heterocycles. The van der Waals surface area contributed by atoms with Crippen LogP contribution in [-0.4, -0.2) is 76.1 Å². The third-order valence-corrected chi connectivity index (χ3v) is 15.8. The molecule has 1 amide bonds. The van der Waals surface area contributed by atoms with Gasteiger partial charge in [-0.1, -0.05) is 19.9 Å². The van der Waals surface area contributed by atoms with E-state index in [0.29, 0.717) is 59.8 Å². The molecule has 1 aliphatic carbocycles. The highest BCUT2D eigenvalue weighted by atomic mass is 32.2. The van der Waals surface area contributed by atoms with Crippen LogP contribution in [0.5, 0.6) is 5.75 Å². The molecule has 3 N–H and O–H groups in total. The lowest BCUT2D eigenvalue weighted by molar-refractivity contribution is -0.156. The van der Waals surface area contributed by atoms with Gasteiger partial charge in [-0.15, -0.1) is 0 Å². The maximum Gasteiger partial charge on any atom is 0.326 e. The van der Waals surface area contributed by atoms with Gasteiger partial charge in [-0.2, -0.15) is 4.72 Å². The van der Waals surface area contributed by atoms with Gasteiger partial charge < -0.3 is 19.9 Å². The van der Waals surface area contributed by atoms with Crippen LogP contribution in [0.4, 0.5) is 5.82 Å². The zero-order chi connectivity index (χ0) is 46.7. The number of amides is 1. The molecule has 346 valence electrons. The number of fused-ring (bicyclic) bond motifs is 2. The molecule has 0 unspecified atom stereocenters. The molecule has 2 aromatic carbocycles. The highest BCUT2D eigenvalue weighted by Gasteiger charge is 2.37. The summed E-state index contributed by atoms with van der Waals surface area (Å²) in [6.45, 7) is 18.7. The minimum atomic E-state index is -4.31. The Morgan fingerprint density at radius 3 is 2.22 bits per heavy atom. The van der Waals surface area contributed by atoms with Crippen LogP contribution in [0.25, 0.3) is 0 Å². The summed E-state index contributed by atoms with van der Waals surface area (Å²) < 4.78 is 71.9. The van der Waals surface area contributed by atoms with E-state index in [1.165, 1.54) is 22.0 Å². The van der Waals surface area contributed by atoms with Gasteiger partial charge in [0.25, 0.3) is 10.0 Å². The van der Waals surface area contributed by atoms with Crippen molar-refractivity contribution in [3.63, 3.8) is 0 Å². The van der Waals surface area contributed by atoms with Crippen LogP contribution in [0.2, 0.25) is 0 Å². The third-order valence-electron chi connectivity index (χ3n) is 11.9. The average Bonchev–Trinajstić information content (AvgIpc) is 3.17. The van der Waals surface area contributed by atoms with Crippen molar-refractivity contribution in [3.8, 4) is 5.75 Å². The van der Waals surface area contributed by atoms with Crippen molar-refractivity contribution in [2.45, 2.75) is 161 Å². The van der Waals surface area contributed by atoms with Crippen LogP contribution in [0, 0.1) is 40.0 Å². The Morgan fingerprint density at radius 1 is 0.889 bits per heavy atom. The molecule has 1 aromatic heterocycles.